The molecular weight excluding hydrogens is 158 g/mol. The van der Waals surface area contributed by atoms with Gasteiger partial charge >= 0.3 is 6.03 Å². The number of nitrogens with one attached hydrogen (secondary N) is 3. The van der Waals surface area contributed by atoms with Crippen LogP contribution in [0.25, 0.3) is 0 Å². The fourth-order valence-corrected chi connectivity index (χ4v) is 0.516. The summed E-state index contributed by atoms with van der Waals surface area (Å²) in [6, 6.07) is -0.554. The molecular formula is C7H15N3O2. The number of carbonyl (C=O) groups is 1. The number of carbonyl (C=O) groups excluding carboxylic acids is 1. The van der Waals surface area contributed by atoms with Crippen molar-refractivity contribution in [2.75, 3.05) is 7.11 Å². The summed E-state index contributed by atoms with van der Waals surface area (Å²) < 4.78 is 4.45. The number of hydrogen-bond donors (Lipinski definition) is 3. The summed E-state index contributed by atoms with van der Waals surface area (Å²) in [5.74, 6) is 0. The van der Waals surface area contributed by atoms with Crippen LogP contribution < -0.4 is 10.6 Å². The van der Waals surface area contributed by atoms with Gasteiger partial charge in [-0.1, -0.05) is 6.92 Å². The predicted octanol–water partition coefficient (Wildman–Crippen LogP) is 0.665. The Balaban J connectivity index is 3.66. The summed E-state index contributed by atoms with van der Waals surface area (Å²) >= 11 is 0. The molecule has 1 unspecified atom stereocenters. The lowest BCUT2D eigenvalue weighted by molar-refractivity contribution is 0.239. The van der Waals surface area contributed by atoms with E-state index in [1.54, 1.807) is 0 Å². The van der Waals surface area contributed by atoms with Gasteiger partial charge in [-0.15, -0.1) is 0 Å². The Morgan fingerprint density at radius 2 is 2.25 bits per heavy atom. The van der Waals surface area contributed by atoms with E-state index in [0.717, 1.165) is 6.42 Å². The van der Waals surface area contributed by atoms with Gasteiger partial charge in [0.2, 0.25) is 0 Å². The summed E-state index contributed by atoms with van der Waals surface area (Å²) in [6.45, 7) is 3.85. The van der Waals surface area contributed by atoms with Crippen molar-refractivity contribution in [2.24, 2.45) is 0 Å². The molecule has 0 fully saturated rings. The molecule has 1 atom stereocenters. The first kappa shape index (κ1) is 10.7. The Kier molecular flexibility index (Phi) is 4.83. The third-order valence-corrected chi connectivity index (χ3v) is 1.42. The minimum Gasteiger partial charge on any atom is -0.468 e. The third-order valence-electron chi connectivity index (χ3n) is 1.42. The fourth-order valence-electron chi connectivity index (χ4n) is 0.516. The molecule has 2 amide bonds. The molecule has 0 rings (SSSR count). The third kappa shape index (κ3) is 4.54. The molecule has 3 N–H and O–H groups in total. The molecule has 5 nitrogen and oxygen atoms in total. The molecule has 5 heteroatoms. The molecule has 0 heterocycles. The zero-order valence-corrected chi connectivity index (χ0v) is 7.60. The molecule has 0 aliphatic rings. The molecule has 0 radical (unpaired) electrons. The second-order valence-electron chi connectivity index (χ2n) is 2.44. The maximum absolute atomic E-state index is 10.9. The van der Waals surface area contributed by atoms with E-state index in [1.807, 2.05) is 13.8 Å². The Morgan fingerprint density at radius 1 is 1.67 bits per heavy atom. The molecule has 0 saturated carbocycles. The molecule has 0 spiro atoms. The van der Waals surface area contributed by atoms with Crippen LogP contribution in [0.1, 0.15) is 20.3 Å². The molecule has 0 bridgehead atoms. The fraction of sp³-hybridized carbons (Fsp3) is 0.714. The number of ether oxygens (including phenoxy) is 1. The van der Waals surface area contributed by atoms with E-state index in [2.05, 4.69) is 15.4 Å². The van der Waals surface area contributed by atoms with Gasteiger partial charge in [0.25, 0.3) is 6.02 Å². The molecule has 0 aliphatic carbocycles. The van der Waals surface area contributed by atoms with Crippen LogP contribution in [0.3, 0.4) is 0 Å². The van der Waals surface area contributed by atoms with Gasteiger partial charge in [0.1, 0.15) is 0 Å². The Labute approximate surface area is 72.0 Å². The number of methoxy groups -OCH3 is 1. The number of rotatable bonds is 2. The lowest BCUT2D eigenvalue weighted by atomic mass is 10.3. The van der Waals surface area contributed by atoms with E-state index in [0.29, 0.717) is 0 Å². The van der Waals surface area contributed by atoms with Gasteiger partial charge in [-0.3, -0.25) is 10.7 Å². The van der Waals surface area contributed by atoms with Crippen molar-refractivity contribution in [1.82, 2.24) is 10.6 Å². The van der Waals surface area contributed by atoms with Crippen molar-refractivity contribution in [2.45, 2.75) is 26.3 Å². The van der Waals surface area contributed by atoms with Crippen LogP contribution in [-0.4, -0.2) is 25.2 Å². The average Bonchev–Trinajstić information content (AvgIpc) is 2.03. The van der Waals surface area contributed by atoms with Crippen LogP contribution in [0.15, 0.2) is 0 Å². The minimum atomic E-state index is -0.406. The van der Waals surface area contributed by atoms with Gasteiger partial charge in [0.05, 0.1) is 7.11 Å². The summed E-state index contributed by atoms with van der Waals surface area (Å²) in [4.78, 5) is 10.9. The van der Waals surface area contributed by atoms with Crippen molar-refractivity contribution < 1.29 is 9.53 Å². The van der Waals surface area contributed by atoms with E-state index >= 15 is 0 Å². The van der Waals surface area contributed by atoms with Crippen molar-refractivity contribution in [3.63, 3.8) is 0 Å². The van der Waals surface area contributed by atoms with Crippen LogP contribution in [-0.2, 0) is 4.74 Å². The molecule has 70 valence electrons. The minimum absolute atomic E-state index is 0.106. The van der Waals surface area contributed by atoms with Crippen LogP contribution in [0.2, 0.25) is 0 Å². The quantitative estimate of drug-likeness (QED) is 0.424. The predicted molar refractivity (Wildman–Crippen MR) is 46.2 cm³/mol. The summed E-state index contributed by atoms with van der Waals surface area (Å²) in [7, 11) is 1.33. The number of amidine groups is 1. The van der Waals surface area contributed by atoms with E-state index in [9.17, 15) is 4.79 Å². The SMILES string of the molecule is CCC(C)NC(=O)NC(=N)OC. The van der Waals surface area contributed by atoms with E-state index in [1.165, 1.54) is 7.11 Å². The molecule has 0 aromatic heterocycles. The highest BCUT2D eigenvalue weighted by molar-refractivity contribution is 5.91. The van der Waals surface area contributed by atoms with Crippen LogP contribution in [0.4, 0.5) is 4.79 Å². The second-order valence-corrected chi connectivity index (χ2v) is 2.44. The van der Waals surface area contributed by atoms with Gasteiger partial charge < -0.3 is 10.1 Å². The average molecular weight is 173 g/mol. The molecule has 0 aliphatic heterocycles. The van der Waals surface area contributed by atoms with Gasteiger partial charge in [-0.25, -0.2) is 4.79 Å². The van der Waals surface area contributed by atoms with Gasteiger partial charge in [-0.05, 0) is 13.3 Å². The zero-order chi connectivity index (χ0) is 9.56. The van der Waals surface area contributed by atoms with E-state index < -0.39 is 6.03 Å². The Hall–Kier alpha value is -1.26. The molecule has 0 saturated heterocycles. The standard InChI is InChI=1S/C7H15N3O2/c1-4-5(2)9-7(11)10-6(8)12-3/h5H,4H2,1-3H3,(H3,8,9,10,11). The number of amides is 2. The smallest absolute Gasteiger partial charge is 0.323 e. The van der Waals surface area contributed by atoms with E-state index in [-0.39, 0.29) is 12.1 Å². The first-order chi connectivity index (χ1) is 5.60. The van der Waals surface area contributed by atoms with Crippen molar-refractivity contribution in [3.8, 4) is 0 Å². The topological polar surface area (TPSA) is 74.2 Å². The van der Waals surface area contributed by atoms with Crippen LogP contribution >= 0.6 is 0 Å². The lowest BCUT2D eigenvalue weighted by Crippen LogP contribution is -2.43. The van der Waals surface area contributed by atoms with Gasteiger partial charge in [-0.2, -0.15) is 0 Å². The molecule has 0 aromatic carbocycles. The van der Waals surface area contributed by atoms with Gasteiger partial charge in [0.15, 0.2) is 0 Å². The highest BCUT2D eigenvalue weighted by Gasteiger charge is 2.06. The monoisotopic (exact) mass is 173 g/mol. The van der Waals surface area contributed by atoms with E-state index in [4.69, 9.17) is 5.41 Å². The highest BCUT2D eigenvalue weighted by Crippen LogP contribution is 1.86. The summed E-state index contributed by atoms with van der Waals surface area (Å²) in [6.07, 6.45) is 0.855. The van der Waals surface area contributed by atoms with Crippen molar-refractivity contribution in [1.29, 1.82) is 5.41 Å². The number of hydrogen-bond acceptors (Lipinski definition) is 3. The molecule has 12 heavy (non-hydrogen) atoms. The first-order valence-corrected chi connectivity index (χ1v) is 3.80. The lowest BCUT2D eigenvalue weighted by Gasteiger charge is -2.11. The number of urea groups is 1. The van der Waals surface area contributed by atoms with Crippen molar-refractivity contribution >= 4 is 12.1 Å². The largest absolute Gasteiger partial charge is 0.468 e. The first-order valence-electron chi connectivity index (χ1n) is 3.80. The normalized spacial score (nSPS) is 11.6. The zero-order valence-electron chi connectivity index (χ0n) is 7.60. The van der Waals surface area contributed by atoms with Crippen molar-refractivity contribution in [3.05, 3.63) is 0 Å². The maximum atomic E-state index is 10.9. The van der Waals surface area contributed by atoms with Gasteiger partial charge in [0, 0.05) is 6.04 Å². The summed E-state index contributed by atoms with van der Waals surface area (Å²) in [5.41, 5.74) is 0. The van der Waals surface area contributed by atoms with Crippen LogP contribution in [0.5, 0.6) is 0 Å². The highest BCUT2D eigenvalue weighted by atomic mass is 16.5. The summed E-state index contributed by atoms with van der Waals surface area (Å²) in [5, 5.41) is 11.8. The Morgan fingerprint density at radius 3 is 2.67 bits per heavy atom. The molecule has 0 aromatic rings. The van der Waals surface area contributed by atoms with Crippen LogP contribution in [0, 0.1) is 5.41 Å². The maximum Gasteiger partial charge on any atom is 0.323 e. The second kappa shape index (κ2) is 5.40. The Bertz CT molecular complexity index is 170.